The van der Waals surface area contributed by atoms with Crippen molar-refractivity contribution >= 4 is 21.9 Å². The number of benzene rings is 2. The molecule has 0 radical (unpaired) electrons. The Morgan fingerprint density at radius 2 is 1.85 bits per heavy atom. The minimum Gasteiger partial charge on any atom is -0.507 e. The van der Waals surface area contributed by atoms with Gasteiger partial charge in [0, 0.05) is 12.1 Å². The highest BCUT2D eigenvalue weighted by Crippen LogP contribution is 2.39. The Labute approximate surface area is 149 Å². The number of rotatable bonds is 4. The summed E-state index contributed by atoms with van der Waals surface area (Å²) < 4.78 is 16.1. The SMILES string of the molecule is COc1cc(O)c2c(=O)c3c(CC=C(C)C)cc(OC)c(O)c3oc2c1. The van der Waals surface area contributed by atoms with E-state index < -0.39 is 5.43 Å². The second-order valence-corrected chi connectivity index (χ2v) is 6.23. The maximum Gasteiger partial charge on any atom is 0.204 e. The lowest BCUT2D eigenvalue weighted by molar-refractivity contribution is 0.372. The molecule has 26 heavy (non-hydrogen) atoms. The van der Waals surface area contributed by atoms with E-state index in [4.69, 9.17) is 13.9 Å². The molecule has 6 heteroatoms. The highest BCUT2D eigenvalue weighted by atomic mass is 16.5. The molecular formula is C20H20O6. The van der Waals surface area contributed by atoms with Crippen molar-refractivity contribution in [2.45, 2.75) is 20.3 Å². The molecule has 0 fully saturated rings. The fraction of sp³-hybridized carbons (Fsp3) is 0.250. The van der Waals surface area contributed by atoms with Gasteiger partial charge in [0.05, 0.1) is 19.6 Å². The number of phenolic OH excluding ortho intramolecular Hbond substituents is 2. The van der Waals surface area contributed by atoms with Gasteiger partial charge in [-0.1, -0.05) is 11.6 Å². The predicted octanol–water partition coefficient (Wildman–Crippen LogP) is 3.88. The first-order valence-electron chi connectivity index (χ1n) is 8.07. The predicted molar refractivity (Wildman–Crippen MR) is 99.6 cm³/mol. The number of hydrogen-bond acceptors (Lipinski definition) is 6. The minimum atomic E-state index is -0.420. The summed E-state index contributed by atoms with van der Waals surface area (Å²) in [6.07, 6.45) is 2.42. The lowest BCUT2D eigenvalue weighted by Gasteiger charge is -2.12. The number of allylic oxidation sites excluding steroid dienone is 2. The van der Waals surface area contributed by atoms with Crippen LogP contribution in [0.5, 0.6) is 23.0 Å². The van der Waals surface area contributed by atoms with Crippen LogP contribution < -0.4 is 14.9 Å². The van der Waals surface area contributed by atoms with E-state index in [1.165, 1.54) is 26.4 Å². The van der Waals surface area contributed by atoms with E-state index in [0.29, 0.717) is 17.7 Å². The molecule has 1 heterocycles. The van der Waals surface area contributed by atoms with Gasteiger partial charge in [0.2, 0.25) is 11.2 Å². The fourth-order valence-electron chi connectivity index (χ4n) is 2.89. The molecule has 3 aromatic rings. The van der Waals surface area contributed by atoms with Crippen molar-refractivity contribution in [3.8, 4) is 23.0 Å². The Bertz CT molecular complexity index is 1090. The lowest BCUT2D eigenvalue weighted by atomic mass is 10.0. The molecule has 0 aliphatic rings. The largest absolute Gasteiger partial charge is 0.507 e. The standard InChI is InChI=1S/C20H20O6/c1-10(2)5-6-11-7-15(25-4)18(22)20-16(11)19(23)17-13(21)8-12(24-3)9-14(17)26-20/h5,7-9,21-22H,6H2,1-4H3. The first-order valence-corrected chi connectivity index (χ1v) is 8.07. The van der Waals surface area contributed by atoms with Gasteiger partial charge in [0.1, 0.15) is 22.5 Å². The van der Waals surface area contributed by atoms with Crippen molar-refractivity contribution in [3.63, 3.8) is 0 Å². The molecule has 2 aromatic carbocycles. The summed E-state index contributed by atoms with van der Waals surface area (Å²) >= 11 is 0. The van der Waals surface area contributed by atoms with Crippen LogP contribution in [-0.4, -0.2) is 24.4 Å². The topological polar surface area (TPSA) is 89.1 Å². The van der Waals surface area contributed by atoms with Crippen LogP contribution in [0.2, 0.25) is 0 Å². The van der Waals surface area contributed by atoms with E-state index in [-0.39, 0.29) is 39.2 Å². The second kappa shape index (κ2) is 6.63. The number of aromatic hydroxyl groups is 2. The molecule has 0 bridgehead atoms. The van der Waals surface area contributed by atoms with Gasteiger partial charge in [-0.05, 0) is 31.9 Å². The van der Waals surface area contributed by atoms with Crippen LogP contribution in [0.4, 0.5) is 0 Å². The maximum absolute atomic E-state index is 13.1. The van der Waals surface area contributed by atoms with Crippen LogP contribution >= 0.6 is 0 Å². The van der Waals surface area contributed by atoms with Crippen molar-refractivity contribution in [3.05, 3.63) is 45.6 Å². The maximum atomic E-state index is 13.1. The number of phenols is 2. The monoisotopic (exact) mass is 356 g/mol. The molecule has 3 rings (SSSR count). The zero-order valence-electron chi connectivity index (χ0n) is 15.0. The Morgan fingerprint density at radius 3 is 2.46 bits per heavy atom. The zero-order valence-corrected chi connectivity index (χ0v) is 15.0. The normalized spacial score (nSPS) is 10.9. The van der Waals surface area contributed by atoms with Gasteiger partial charge in [0.25, 0.3) is 0 Å². The molecule has 1 aromatic heterocycles. The number of ether oxygens (including phenoxy) is 2. The fourth-order valence-corrected chi connectivity index (χ4v) is 2.89. The van der Waals surface area contributed by atoms with Crippen molar-refractivity contribution in [1.29, 1.82) is 0 Å². The second-order valence-electron chi connectivity index (χ2n) is 6.23. The van der Waals surface area contributed by atoms with E-state index in [0.717, 1.165) is 5.57 Å². The summed E-state index contributed by atoms with van der Waals surface area (Å²) in [6, 6.07) is 4.45. The highest BCUT2D eigenvalue weighted by molar-refractivity contribution is 5.98. The number of fused-ring (bicyclic) bond motifs is 2. The van der Waals surface area contributed by atoms with Crippen LogP contribution in [0.25, 0.3) is 21.9 Å². The summed E-state index contributed by atoms with van der Waals surface area (Å²) in [5.41, 5.74) is 1.45. The molecule has 0 saturated heterocycles. The van der Waals surface area contributed by atoms with Gasteiger partial charge in [0.15, 0.2) is 11.3 Å². The van der Waals surface area contributed by atoms with Gasteiger partial charge >= 0.3 is 0 Å². The number of methoxy groups -OCH3 is 2. The quantitative estimate of drug-likeness (QED) is 0.545. The van der Waals surface area contributed by atoms with E-state index in [9.17, 15) is 15.0 Å². The Morgan fingerprint density at radius 1 is 1.12 bits per heavy atom. The average molecular weight is 356 g/mol. The van der Waals surface area contributed by atoms with Crippen LogP contribution in [0.1, 0.15) is 19.4 Å². The van der Waals surface area contributed by atoms with Gasteiger partial charge in [-0.15, -0.1) is 0 Å². The summed E-state index contributed by atoms with van der Waals surface area (Å²) in [4.78, 5) is 13.1. The Hall–Kier alpha value is -3.15. The first-order chi connectivity index (χ1) is 12.4. The number of hydrogen-bond donors (Lipinski definition) is 2. The van der Waals surface area contributed by atoms with E-state index in [2.05, 4.69) is 0 Å². The molecule has 0 amide bonds. The molecule has 2 N–H and O–H groups in total. The zero-order chi connectivity index (χ0) is 19.0. The summed E-state index contributed by atoms with van der Waals surface area (Å²) in [5.74, 6) is 0.0529. The van der Waals surface area contributed by atoms with Gasteiger partial charge in [-0.3, -0.25) is 4.79 Å². The third-order valence-corrected chi connectivity index (χ3v) is 4.21. The summed E-state index contributed by atoms with van der Waals surface area (Å²) in [6.45, 7) is 3.91. The third-order valence-electron chi connectivity index (χ3n) is 4.21. The van der Waals surface area contributed by atoms with Crippen molar-refractivity contribution in [2.24, 2.45) is 0 Å². The van der Waals surface area contributed by atoms with Gasteiger partial charge < -0.3 is 24.1 Å². The first kappa shape index (κ1) is 17.7. The van der Waals surface area contributed by atoms with Crippen molar-refractivity contribution < 1.29 is 24.1 Å². The average Bonchev–Trinajstić information content (AvgIpc) is 2.60. The van der Waals surface area contributed by atoms with E-state index in [1.54, 1.807) is 6.07 Å². The van der Waals surface area contributed by atoms with E-state index in [1.807, 2.05) is 19.9 Å². The lowest BCUT2D eigenvalue weighted by Crippen LogP contribution is -2.06. The Kier molecular flexibility index (Phi) is 4.50. The molecule has 0 atom stereocenters. The van der Waals surface area contributed by atoms with Crippen molar-refractivity contribution in [1.82, 2.24) is 0 Å². The highest BCUT2D eigenvalue weighted by Gasteiger charge is 2.21. The van der Waals surface area contributed by atoms with Crippen LogP contribution in [0.3, 0.4) is 0 Å². The van der Waals surface area contributed by atoms with Crippen molar-refractivity contribution in [2.75, 3.05) is 14.2 Å². The molecule has 6 nitrogen and oxygen atoms in total. The molecule has 0 saturated carbocycles. The third kappa shape index (κ3) is 2.83. The molecular weight excluding hydrogens is 336 g/mol. The van der Waals surface area contributed by atoms with Gasteiger partial charge in [-0.2, -0.15) is 0 Å². The van der Waals surface area contributed by atoms with Gasteiger partial charge in [-0.25, -0.2) is 0 Å². The molecule has 0 spiro atoms. The molecule has 136 valence electrons. The smallest absolute Gasteiger partial charge is 0.204 e. The molecule has 0 unspecified atom stereocenters. The van der Waals surface area contributed by atoms with Crippen LogP contribution in [0, 0.1) is 0 Å². The molecule has 0 aliphatic heterocycles. The van der Waals surface area contributed by atoms with Crippen LogP contribution in [0.15, 0.2) is 39.1 Å². The summed E-state index contributed by atoms with van der Waals surface area (Å²) in [5, 5.41) is 21.0. The molecule has 0 aliphatic carbocycles. The van der Waals surface area contributed by atoms with Crippen LogP contribution in [-0.2, 0) is 6.42 Å². The summed E-state index contributed by atoms with van der Waals surface area (Å²) in [7, 11) is 2.87. The van der Waals surface area contributed by atoms with E-state index >= 15 is 0 Å². The Balaban J connectivity index is 2.49. The minimum absolute atomic E-state index is 0.0201.